The van der Waals surface area contributed by atoms with Crippen molar-refractivity contribution in [1.29, 1.82) is 0 Å². The lowest BCUT2D eigenvalue weighted by molar-refractivity contribution is -0.130. The lowest BCUT2D eigenvalue weighted by atomic mass is 10.2. The SMILES string of the molecule is CCn1c(CSc2nc3ccccc3s2)nnc1SCC(=O)N(Cc1ccccc1)C(C)C. The molecular weight excluding hydrogens is 470 g/mol. The molecule has 1 amide bonds. The Morgan fingerprint density at radius 2 is 1.82 bits per heavy atom. The fraction of sp³-hybridized carbons (Fsp3) is 0.333. The van der Waals surface area contributed by atoms with E-state index in [4.69, 9.17) is 0 Å². The first-order valence-corrected chi connectivity index (χ1v) is 13.7. The van der Waals surface area contributed by atoms with Gasteiger partial charge >= 0.3 is 0 Å². The Labute approximate surface area is 206 Å². The summed E-state index contributed by atoms with van der Waals surface area (Å²) in [5.74, 6) is 2.05. The second-order valence-electron chi connectivity index (χ2n) is 7.77. The molecule has 0 fully saturated rings. The zero-order chi connectivity index (χ0) is 23.2. The fourth-order valence-corrected chi connectivity index (χ4v) is 6.35. The molecule has 0 saturated heterocycles. The van der Waals surface area contributed by atoms with Crippen molar-refractivity contribution in [3.05, 3.63) is 66.0 Å². The van der Waals surface area contributed by atoms with Crippen LogP contribution in [0, 0.1) is 0 Å². The molecule has 0 aliphatic carbocycles. The van der Waals surface area contributed by atoms with E-state index in [-0.39, 0.29) is 11.9 Å². The van der Waals surface area contributed by atoms with E-state index in [1.165, 1.54) is 16.5 Å². The highest BCUT2D eigenvalue weighted by Crippen LogP contribution is 2.31. The van der Waals surface area contributed by atoms with E-state index in [1.54, 1.807) is 23.1 Å². The molecule has 4 aromatic rings. The zero-order valence-corrected chi connectivity index (χ0v) is 21.4. The molecule has 0 aliphatic rings. The van der Waals surface area contributed by atoms with E-state index in [1.807, 2.05) is 41.3 Å². The van der Waals surface area contributed by atoms with Gasteiger partial charge in [-0.05, 0) is 38.5 Å². The van der Waals surface area contributed by atoms with Crippen molar-refractivity contribution < 1.29 is 4.79 Å². The first-order valence-electron chi connectivity index (χ1n) is 10.9. The van der Waals surface area contributed by atoms with Crippen LogP contribution < -0.4 is 0 Å². The quantitative estimate of drug-likeness (QED) is 0.261. The molecule has 9 heteroatoms. The minimum absolute atomic E-state index is 0.106. The van der Waals surface area contributed by atoms with Crippen LogP contribution in [0.15, 0.2) is 64.1 Å². The lowest BCUT2D eigenvalue weighted by Gasteiger charge is -2.26. The van der Waals surface area contributed by atoms with Gasteiger partial charge in [0.25, 0.3) is 0 Å². The molecule has 0 atom stereocenters. The maximum absolute atomic E-state index is 13.0. The van der Waals surface area contributed by atoms with E-state index in [0.29, 0.717) is 18.1 Å². The molecule has 2 aromatic heterocycles. The molecule has 0 unspecified atom stereocenters. The summed E-state index contributed by atoms with van der Waals surface area (Å²) in [6.07, 6.45) is 0. The standard InChI is InChI=1S/C24H27N5OS3/c1-4-28-21(15-32-24-25-19-12-8-9-13-20(19)33-24)26-27-23(28)31-16-22(30)29(17(2)3)14-18-10-6-5-7-11-18/h5-13,17H,4,14-16H2,1-3H3. The van der Waals surface area contributed by atoms with E-state index in [0.717, 1.165) is 32.9 Å². The van der Waals surface area contributed by atoms with Gasteiger partial charge in [-0.25, -0.2) is 4.98 Å². The summed E-state index contributed by atoms with van der Waals surface area (Å²) in [5.41, 5.74) is 2.16. The number of hydrogen-bond acceptors (Lipinski definition) is 7. The topological polar surface area (TPSA) is 63.9 Å². The summed E-state index contributed by atoms with van der Waals surface area (Å²) in [4.78, 5) is 19.6. The first-order chi connectivity index (χ1) is 16.0. The third-order valence-corrected chi connectivity index (χ3v) is 8.30. The second-order valence-corrected chi connectivity index (χ2v) is 11.0. The molecule has 4 rings (SSSR count). The van der Waals surface area contributed by atoms with Crippen LogP contribution in [-0.4, -0.2) is 42.4 Å². The highest BCUT2D eigenvalue weighted by atomic mass is 32.2. The van der Waals surface area contributed by atoms with Gasteiger partial charge in [-0.3, -0.25) is 4.79 Å². The number of benzene rings is 2. The van der Waals surface area contributed by atoms with Gasteiger partial charge < -0.3 is 9.47 Å². The number of carbonyl (C=O) groups excluding carboxylic acids is 1. The first kappa shape index (κ1) is 23.8. The minimum Gasteiger partial charge on any atom is -0.335 e. The maximum atomic E-state index is 13.0. The van der Waals surface area contributed by atoms with Crippen LogP contribution in [0.3, 0.4) is 0 Å². The minimum atomic E-state index is 0.106. The Morgan fingerprint density at radius 1 is 1.06 bits per heavy atom. The normalized spacial score (nSPS) is 11.4. The summed E-state index contributed by atoms with van der Waals surface area (Å²) in [6.45, 7) is 7.56. The van der Waals surface area contributed by atoms with Gasteiger partial charge in [0.05, 0.1) is 21.7 Å². The molecular formula is C24H27N5OS3. The number of hydrogen-bond donors (Lipinski definition) is 0. The van der Waals surface area contributed by atoms with Crippen molar-refractivity contribution in [3.63, 3.8) is 0 Å². The van der Waals surface area contributed by atoms with Crippen molar-refractivity contribution in [2.24, 2.45) is 0 Å². The molecule has 6 nitrogen and oxygen atoms in total. The number of para-hydroxylation sites is 1. The molecule has 0 saturated carbocycles. The molecule has 0 radical (unpaired) electrons. The van der Waals surface area contributed by atoms with Crippen LogP contribution in [0.25, 0.3) is 10.2 Å². The van der Waals surface area contributed by atoms with Crippen LogP contribution in [0.4, 0.5) is 0 Å². The van der Waals surface area contributed by atoms with Crippen molar-refractivity contribution in [2.45, 2.75) is 55.2 Å². The Balaban J connectivity index is 1.38. The van der Waals surface area contributed by atoms with Gasteiger partial charge in [0, 0.05) is 19.1 Å². The highest BCUT2D eigenvalue weighted by molar-refractivity contribution is 8.00. The van der Waals surface area contributed by atoms with Gasteiger partial charge in [-0.1, -0.05) is 66.0 Å². The number of aromatic nitrogens is 4. The Morgan fingerprint density at radius 3 is 2.55 bits per heavy atom. The highest BCUT2D eigenvalue weighted by Gasteiger charge is 2.20. The van der Waals surface area contributed by atoms with Gasteiger partial charge in [-0.15, -0.1) is 21.5 Å². The number of fused-ring (bicyclic) bond motifs is 1. The van der Waals surface area contributed by atoms with Crippen LogP contribution in [0.2, 0.25) is 0 Å². The molecule has 0 aliphatic heterocycles. The smallest absolute Gasteiger partial charge is 0.233 e. The van der Waals surface area contributed by atoms with Crippen LogP contribution in [0.5, 0.6) is 0 Å². The van der Waals surface area contributed by atoms with Gasteiger partial charge in [0.15, 0.2) is 9.50 Å². The van der Waals surface area contributed by atoms with Crippen LogP contribution >= 0.6 is 34.9 Å². The lowest BCUT2D eigenvalue weighted by Crippen LogP contribution is -2.37. The average Bonchev–Trinajstić information content (AvgIpc) is 3.43. The largest absolute Gasteiger partial charge is 0.335 e. The van der Waals surface area contributed by atoms with Gasteiger partial charge in [-0.2, -0.15) is 0 Å². The van der Waals surface area contributed by atoms with E-state index < -0.39 is 0 Å². The molecule has 0 spiro atoms. The van der Waals surface area contributed by atoms with Crippen molar-refractivity contribution in [2.75, 3.05) is 5.75 Å². The predicted octanol–water partition coefficient (Wildman–Crippen LogP) is 5.73. The third kappa shape index (κ3) is 5.96. The predicted molar refractivity (Wildman–Crippen MR) is 138 cm³/mol. The van der Waals surface area contributed by atoms with Gasteiger partial charge in [0.1, 0.15) is 5.82 Å². The Hall–Kier alpha value is -2.36. The molecule has 0 N–H and O–H groups in total. The number of rotatable bonds is 10. The molecule has 0 bridgehead atoms. The van der Waals surface area contributed by atoms with Gasteiger partial charge in [0.2, 0.25) is 5.91 Å². The Kier molecular flexibility index (Phi) is 8.06. The maximum Gasteiger partial charge on any atom is 0.233 e. The summed E-state index contributed by atoms with van der Waals surface area (Å²) < 4.78 is 4.31. The molecule has 2 heterocycles. The molecule has 2 aromatic carbocycles. The van der Waals surface area contributed by atoms with E-state index >= 15 is 0 Å². The van der Waals surface area contributed by atoms with Crippen LogP contribution in [-0.2, 0) is 23.6 Å². The number of thioether (sulfide) groups is 2. The summed E-state index contributed by atoms with van der Waals surface area (Å²) >= 11 is 4.83. The summed E-state index contributed by atoms with van der Waals surface area (Å²) in [6, 6.07) is 18.4. The van der Waals surface area contributed by atoms with Crippen molar-refractivity contribution >= 4 is 51.0 Å². The second kappa shape index (κ2) is 11.2. The Bertz CT molecular complexity index is 1170. The fourth-order valence-electron chi connectivity index (χ4n) is 3.44. The van der Waals surface area contributed by atoms with Crippen LogP contribution in [0.1, 0.15) is 32.2 Å². The third-order valence-electron chi connectivity index (χ3n) is 5.17. The van der Waals surface area contributed by atoms with Crippen molar-refractivity contribution in [3.8, 4) is 0 Å². The number of thiazole rings is 1. The van der Waals surface area contributed by atoms with Crippen molar-refractivity contribution in [1.82, 2.24) is 24.6 Å². The van der Waals surface area contributed by atoms with E-state index in [9.17, 15) is 4.79 Å². The van der Waals surface area contributed by atoms with E-state index in [2.05, 4.69) is 58.7 Å². The number of carbonyl (C=O) groups is 1. The number of amides is 1. The monoisotopic (exact) mass is 497 g/mol. The summed E-state index contributed by atoms with van der Waals surface area (Å²) in [7, 11) is 0. The molecule has 33 heavy (non-hydrogen) atoms. The molecule has 172 valence electrons. The number of nitrogens with zero attached hydrogens (tertiary/aromatic N) is 5. The average molecular weight is 498 g/mol. The summed E-state index contributed by atoms with van der Waals surface area (Å²) in [5, 5.41) is 9.57. The zero-order valence-electron chi connectivity index (χ0n) is 19.0.